The molecule has 0 saturated carbocycles. The molecule has 0 aliphatic rings. The summed E-state index contributed by atoms with van der Waals surface area (Å²) in [5, 5.41) is 2.41. The predicted octanol–water partition coefficient (Wildman–Crippen LogP) is 4.21. The molecule has 8 heteroatoms. The average molecular weight is 401 g/mol. The zero-order valence-corrected chi connectivity index (χ0v) is 17.3. The number of halogens is 2. The highest BCUT2D eigenvalue weighted by atomic mass is 19.1. The molecule has 0 unspecified atom stereocenters. The van der Waals surface area contributed by atoms with E-state index in [0.29, 0.717) is 6.07 Å². The van der Waals surface area contributed by atoms with Crippen LogP contribution in [0.2, 0.25) is 0 Å². The van der Waals surface area contributed by atoms with Crippen LogP contribution in [0.4, 0.5) is 13.6 Å². The van der Waals surface area contributed by atoms with Crippen LogP contribution in [0.25, 0.3) is 0 Å². The molecule has 0 aromatic heterocycles. The first-order chi connectivity index (χ1) is 12.8. The van der Waals surface area contributed by atoms with E-state index in [1.807, 2.05) is 13.8 Å². The number of hydrogen-bond acceptors (Lipinski definition) is 5. The van der Waals surface area contributed by atoms with Crippen molar-refractivity contribution in [2.45, 2.75) is 72.3 Å². The fraction of sp³-hybridized carbons (Fsp3) is 0.600. The molecule has 1 aromatic rings. The molecular weight excluding hydrogens is 372 g/mol. The van der Waals surface area contributed by atoms with Crippen molar-refractivity contribution < 1.29 is 32.6 Å². The maximum Gasteiger partial charge on any atom is 0.408 e. The van der Waals surface area contributed by atoms with Crippen molar-refractivity contribution in [3.05, 3.63) is 29.8 Å². The molecule has 1 rings (SSSR count). The standard InChI is InChI=1S/C20H29F2NO5/c1-11(2)17(13(4)26-16-9-8-14(21)10-15(16)22)27-18(24)12(3)23-19(25)28-20(5,6)7/h8-13,17H,1-7H3,(H,23,25)/t12-,13-,17+/m0/s1. The minimum absolute atomic E-state index is 0.143. The second-order valence-corrected chi connectivity index (χ2v) is 7.91. The lowest BCUT2D eigenvalue weighted by atomic mass is 10.0. The number of nitrogens with one attached hydrogen (secondary N) is 1. The van der Waals surface area contributed by atoms with E-state index in [4.69, 9.17) is 14.2 Å². The van der Waals surface area contributed by atoms with Crippen molar-refractivity contribution in [2.24, 2.45) is 5.92 Å². The maximum atomic E-state index is 13.8. The summed E-state index contributed by atoms with van der Waals surface area (Å²) in [5.41, 5.74) is -0.699. The van der Waals surface area contributed by atoms with Crippen LogP contribution in [0.15, 0.2) is 18.2 Å². The van der Waals surface area contributed by atoms with Crippen LogP contribution < -0.4 is 10.1 Å². The number of hydrogen-bond donors (Lipinski definition) is 1. The lowest BCUT2D eigenvalue weighted by molar-refractivity contribution is -0.158. The van der Waals surface area contributed by atoms with Gasteiger partial charge >= 0.3 is 12.1 Å². The smallest absolute Gasteiger partial charge is 0.408 e. The number of carbonyl (C=O) groups excluding carboxylic acids is 2. The minimum atomic E-state index is -0.953. The Bertz CT molecular complexity index is 688. The van der Waals surface area contributed by atoms with Gasteiger partial charge in [-0.2, -0.15) is 0 Å². The number of carbonyl (C=O) groups is 2. The van der Waals surface area contributed by atoms with Gasteiger partial charge in [-0.3, -0.25) is 0 Å². The Hall–Kier alpha value is -2.38. The summed E-state index contributed by atoms with van der Waals surface area (Å²) < 4.78 is 42.9. The Labute approximate surface area is 164 Å². The fourth-order valence-corrected chi connectivity index (χ4v) is 2.39. The van der Waals surface area contributed by atoms with E-state index in [1.165, 1.54) is 13.0 Å². The monoisotopic (exact) mass is 401 g/mol. The van der Waals surface area contributed by atoms with E-state index in [2.05, 4.69) is 5.32 Å². The molecule has 1 N–H and O–H groups in total. The van der Waals surface area contributed by atoms with Crippen LogP contribution in [0.3, 0.4) is 0 Å². The second-order valence-electron chi connectivity index (χ2n) is 7.91. The van der Waals surface area contributed by atoms with Gasteiger partial charge in [0.2, 0.25) is 0 Å². The van der Waals surface area contributed by atoms with Crippen LogP contribution in [0.1, 0.15) is 48.5 Å². The Kier molecular flexibility index (Phi) is 8.20. The highest BCUT2D eigenvalue weighted by molar-refractivity contribution is 5.81. The molecule has 0 saturated heterocycles. The van der Waals surface area contributed by atoms with Gasteiger partial charge < -0.3 is 19.5 Å². The highest BCUT2D eigenvalue weighted by Crippen LogP contribution is 2.23. The zero-order chi connectivity index (χ0) is 21.6. The molecule has 0 aliphatic heterocycles. The van der Waals surface area contributed by atoms with E-state index in [0.717, 1.165) is 6.07 Å². The molecule has 0 aliphatic carbocycles. The van der Waals surface area contributed by atoms with E-state index in [-0.39, 0.29) is 11.7 Å². The summed E-state index contributed by atoms with van der Waals surface area (Å²) in [4.78, 5) is 24.2. The molecular formula is C20H29F2NO5. The van der Waals surface area contributed by atoms with Crippen LogP contribution in [-0.4, -0.2) is 35.9 Å². The van der Waals surface area contributed by atoms with E-state index >= 15 is 0 Å². The summed E-state index contributed by atoms with van der Waals surface area (Å²) >= 11 is 0. The van der Waals surface area contributed by atoms with E-state index in [9.17, 15) is 18.4 Å². The Morgan fingerprint density at radius 2 is 1.68 bits per heavy atom. The topological polar surface area (TPSA) is 73.9 Å². The van der Waals surface area contributed by atoms with Crippen LogP contribution >= 0.6 is 0 Å². The normalized spacial score (nSPS) is 14.8. The van der Waals surface area contributed by atoms with Crippen molar-refractivity contribution in [1.82, 2.24) is 5.32 Å². The molecule has 0 heterocycles. The van der Waals surface area contributed by atoms with Crippen molar-refractivity contribution >= 4 is 12.1 Å². The first kappa shape index (κ1) is 23.7. The molecule has 6 nitrogen and oxygen atoms in total. The van der Waals surface area contributed by atoms with Crippen LogP contribution in [0.5, 0.6) is 5.75 Å². The van der Waals surface area contributed by atoms with Gasteiger partial charge in [-0.15, -0.1) is 0 Å². The van der Waals surface area contributed by atoms with Gasteiger partial charge in [0.05, 0.1) is 0 Å². The Balaban J connectivity index is 2.74. The molecule has 0 radical (unpaired) electrons. The fourth-order valence-electron chi connectivity index (χ4n) is 2.39. The van der Waals surface area contributed by atoms with Crippen LogP contribution in [-0.2, 0) is 14.3 Å². The van der Waals surface area contributed by atoms with Crippen molar-refractivity contribution in [2.75, 3.05) is 0 Å². The van der Waals surface area contributed by atoms with Crippen molar-refractivity contribution in [1.29, 1.82) is 0 Å². The summed E-state index contributed by atoms with van der Waals surface area (Å²) in [5.74, 6) is -2.54. The molecule has 28 heavy (non-hydrogen) atoms. The third-order valence-electron chi connectivity index (χ3n) is 3.67. The number of esters is 1. The first-order valence-corrected chi connectivity index (χ1v) is 9.12. The predicted molar refractivity (Wildman–Crippen MR) is 100.0 cm³/mol. The largest absolute Gasteiger partial charge is 0.484 e. The summed E-state index contributed by atoms with van der Waals surface area (Å²) in [7, 11) is 0. The molecule has 1 amide bonds. The molecule has 0 spiro atoms. The summed E-state index contributed by atoms with van der Waals surface area (Å²) in [6.45, 7) is 11.8. The van der Waals surface area contributed by atoms with Gasteiger partial charge in [-0.1, -0.05) is 13.8 Å². The van der Waals surface area contributed by atoms with Gasteiger partial charge in [0.25, 0.3) is 0 Å². The first-order valence-electron chi connectivity index (χ1n) is 9.12. The average Bonchev–Trinajstić information content (AvgIpc) is 2.52. The van der Waals surface area contributed by atoms with Gasteiger partial charge in [-0.05, 0) is 52.7 Å². The number of alkyl carbamates (subject to hydrolysis) is 1. The number of benzene rings is 1. The molecule has 158 valence electrons. The Morgan fingerprint density at radius 1 is 1.07 bits per heavy atom. The molecule has 0 fully saturated rings. The van der Waals surface area contributed by atoms with Gasteiger partial charge in [0, 0.05) is 6.07 Å². The lowest BCUT2D eigenvalue weighted by Crippen LogP contribution is -2.46. The highest BCUT2D eigenvalue weighted by Gasteiger charge is 2.30. The quantitative estimate of drug-likeness (QED) is 0.693. The third kappa shape index (κ3) is 7.70. The van der Waals surface area contributed by atoms with Crippen molar-refractivity contribution in [3.8, 4) is 5.75 Å². The molecule has 3 atom stereocenters. The summed E-state index contributed by atoms with van der Waals surface area (Å²) in [6.07, 6.45) is -2.17. The third-order valence-corrected chi connectivity index (χ3v) is 3.67. The number of rotatable bonds is 7. The van der Waals surface area contributed by atoms with Gasteiger partial charge in [0.15, 0.2) is 11.6 Å². The van der Waals surface area contributed by atoms with E-state index in [1.54, 1.807) is 27.7 Å². The number of amides is 1. The zero-order valence-electron chi connectivity index (χ0n) is 17.3. The van der Waals surface area contributed by atoms with Crippen LogP contribution in [0, 0.1) is 17.6 Å². The Morgan fingerprint density at radius 3 is 2.18 bits per heavy atom. The lowest BCUT2D eigenvalue weighted by Gasteiger charge is -2.29. The minimum Gasteiger partial charge on any atom is -0.484 e. The van der Waals surface area contributed by atoms with Gasteiger partial charge in [0.1, 0.15) is 29.7 Å². The molecule has 0 bridgehead atoms. The van der Waals surface area contributed by atoms with E-state index < -0.39 is 47.5 Å². The summed E-state index contributed by atoms with van der Waals surface area (Å²) in [6, 6.07) is 2.01. The maximum absolute atomic E-state index is 13.8. The second kappa shape index (κ2) is 9.71. The van der Waals surface area contributed by atoms with Crippen molar-refractivity contribution in [3.63, 3.8) is 0 Å². The molecule has 1 aromatic carbocycles. The number of ether oxygens (including phenoxy) is 3. The SMILES string of the molecule is CC(C)[C@@H](OC(=O)[C@H](C)NC(=O)OC(C)(C)C)[C@H](C)Oc1ccc(F)cc1F. The van der Waals surface area contributed by atoms with Gasteiger partial charge in [-0.25, -0.2) is 18.4 Å².